The average molecular weight is 443 g/mol. The van der Waals surface area contributed by atoms with Gasteiger partial charge in [0.2, 0.25) is 5.91 Å². The Hall–Kier alpha value is -3.50. The molecule has 0 saturated carbocycles. The van der Waals surface area contributed by atoms with Crippen LogP contribution < -0.4 is 15.8 Å². The van der Waals surface area contributed by atoms with E-state index in [1.54, 1.807) is 30.3 Å². The topological polar surface area (TPSA) is 124 Å². The Morgan fingerprint density at radius 2 is 1.90 bits per heavy atom. The molecule has 4 rings (SSSR count). The number of amides is 1. The van der Waals surface area contributed by atoms with E-state index < -0.39 is 10.5 Å². The highest BCUT2D eigenvalue weighted by atomic mass is 35.5. The van der Waals surface area contributed by atoms with E-state index in [4.69, 9.17) is 11.6 Å². The Labute approximate surface area is 181 Å². The second-order valence-corrected chi connectivity index (χ2v) is 7.60. The Kier molecular flexibility index (Phi) is 5.83. The van der Waals surface area contributed by atoms with Gasteiger partial charge in [-0.2, -0.15) is 0 Å². The molecule has 31 heavy (non-hydrogen) atoms. The van der Waals surface area contributed by atoms with Gasteiger partial charge in [-0.1, -0.05) is 11.6 Å². The molecule has 1 amide bonds. The molecule has 0 spiro atoms. The first-order valence-corrected chi connectivity index (χ1v) is 9.97. The largest absolute Gasteiger partial charge is 0.363 e. The number of hydrogen-bond donors (Lipinski definition) is 2. The number of nitrogens with zero attached hydrogens (tertiary/aromatic N) is 4. The summed E-state index contributed by atoms with van der Waals surface area (Å²) in [5, 5.41) is 15.2. The Morgan fingerprint density at radius 1 is 1.19 bits per heavy atom. The molecule has 2 N–H and O–H groups in total. The SMILES string of the molecule is O=C(CN1CCN(c2cc3nc[nH]c(=O)c3cc2[N+](=O)[O-])CC1)Nc1ccc(Cl)cc1. The zero-order valence-corrected chi connectivity index (χ0v) is 17.1. The maximum atomic E-state index is 12.3. The highest BCUT2D eigenvalue weighted by Gasteiger charge is 2.26. The predicted molar refractivity (Wildman–Crippen MR) is 118 cm³/mol. The number of carbonyl (C=O) groups is 1. The number of carbonyl (C=O) groups excluding carboxylic acids is 1. The summed E-state index contributed by atoms with van der Waals surface area (Å²) in [4.78, 5) is 45.8. The second-order valence-electron chi connectivity index (χ2n) is 7.17. The van der Waals surface area contributed by atoms with Crippen LogP contribution in [0.15, 0.2) is 47.5 Å². The van der Waals surface area contributed by atoms with Gasteiger partial charge in [0.15, 0.2) is 0 Å². The smallest absolute Gasteiger partial charge is 0.293 e. The summed E-state index contributed by atoms with van der Waals surface area (Å²) >= 11 is 5.85. The van der Waals surface area contributed by atoms with Gasteiger partial charge in [0, 0.05) is 43.0 Å². The number of benzene rings is 2. The highest BCUT2D eigenvalue weighted by Crippen LogP contribution is 2.32. The summed E-state index contributed by atoms with van der Waals surface area (Å²) in [7, 11) is 0. The number of nitro groups is 1. The van der Waals surface area contributed by atoms with Crippen molar-refractivity contribution < 1.29 is 9.72 Å². The molecule has 11 heteroatoms. The maximum absolute atomic E-state index is 12.3. The molecule has 10 nitrogen and oxygen atoms in total. The van der Waals surface area contributed by atoms with Crippen molar-refractivity contribution >= 4 is 45.5 Å². The zero-order valence-electron chi connectivity index (χ0n) is 16.4. The van der Waals surface area contributed by atoms with Gasteiger partial charge in [-0.05, 0) is 30.3 Å². The molecule has 160 valence electrons. The van der Waals surface area contributed by atoms with Gasteiger partial charge >= 0.3 is 0 Å². The van der Waals surface area contributed by atoms with Crippen LogP contribution in [-0.2, 0) is 4.79 Å². The average Bonchev–Trinajstić information content (AvgIpc) is 2.75. The standard InChI is InChI=1S/C20H19ClN6O4/c21-13-1-3-14(4-2-13)24-19(28)11-25-5-7-26(8-6-25)17-10-16-15(9-18(17)27(30)31)20(29)23-12-22-16/h1-4,9-10,12H,5-8,11H2,(H,24,28)(H,22,23,29). The molecule has 0 aliphatic carbocycles. The summed E-state index contributed by atoms with van der Waals surface area (Å²) in [5.74, 6) is -0.143. The van der Waals surface area contributed by atoms with Crippen molar-refractivity contribution in [2.75, 3.05) is 42.9 Å². The van der Waals surface area contributed by atoms with E-state index in [1.807, 2.05) is 9.80 Å². The van der Waals surface area contributed by atoms with E-state index in [0.29, 0.717) is 48.1 Å². The number of aromatic amines is 1. The number of nitro benzene ring substituents is 1. The van der Waals surface area contributed by atoms with Gasteiger partial charge in [0.1, 0.15) is 5.69 Å². The first-order chi connectivity index (χ1) is 14.9. The van der Waals surface area contributed by atoms with E-state index in [9.17, 15) is 19.7 Å². The third kappa shape index (κ3) is 4.65. The van der Waals surface area contributed by atoms with E-state index >= 15 is 0 Å². The fourth-order valence-electron chi connectivity index (χ4n) is 3.58. The Balaban J connectivity index is 1.43. The van der Waals surface area contributed by atoms with Crippen molar-refractivity contribution in [2.45, 2.75) is 0 Å². The van der Waals surface area contributed by atoms with Crippen LogP contribution in [0.3, 0.4) is 0 Å². The van der Waals surface area contributed by atoms with Crippen molar-refractivity contribution in [3.8, 4) is 0 Å². The van der Waals surface area contributed by atoms with E-state index in [2.05, 4.69) is 15.3 Å². The van der Waals surface area contributed by atoms with Crippen LogP contribution in [-0.4, -0.2) is 58.4 Å². The summed E-state index contributed by atoms with van der Waals surface area (Å²) in [6.07, 6.45) is 1.28. The molecule has 1 saturated heterocycles. The van der Waals surface area contributed by atoms with Crippen LogP contribution in [0.25, 0.3) is 10.9 Å². The monoisotopic (exact) mass is 442 g/mol. The third-order valence-corrected chi connectivity index (χ3v) is 5.39. The van der Waals surface area contributed by atoms with Crippen molar-refractivity contribution in [3.63, 3.8) is 0 Å². The van der Waals surface area contributed by atoms with Crippen molar-refractivity contribution in [2.24, 2.45) is 0 Å². The van der Waals surface area contributed by atoms with Crippen LogP contribution in [0, 0.1) is 10.1 Å². The molecule has 0 unspecified atom stereocenters. The van der Waals surface area contributed by atoms with Crippen molar-refractivity contribution in [1.82, 2.24) is 14.9 Å². The fraction of sp³-hybridized carbons (Fsp3) is 0.250. The first-order valence-electron chi connectivity index (χ1n) is 9.59. The van der Waals surface area contributed by atoms with E-state index in [1.165, 1.54) is 12.4 Å². The molecule has 1 fully saturated rings. The highest BCUT2D eigenvalue weighted by molar-refractivity contribution is 6.30. The molecule has 0 radical (unpaired) electrons. The van der Waals surface area contributed by atoms with Crippen LogP contribution in [0.2, 0.25) is 5.02 Å². The minimum atomic E-state index is -0.493. The lowest BCUT2D eigenvalue weighted by Crippen LogP contribution is -2.48. The number of aromatic nitrogens is 2. The summed E-state index contributed by atoms with van der Waals surface area (Å²) in [6.45, 7) is 2.35. The number of rotatable bonds is 5. The number of piperazine rings is 1. The molecule has 2 heterocycles. The number of H-pyrrole nitrogens is 1. The van der Waals surface area contributed by atoms with Gasteiger partial charge in [-0.3, -0.25) is 24.6 Å². The lowest BCUT2D eigenvalue weighted by atomic mass is 10.1. The lowest BCUT2D eigenvalue weighted by Gasteiger charge is -2.35. The normalized spacial score (nSPS) is 14.5. The van der Waals surface area contributed by atoms with Gasteiger partial charge in [0.25, 0.3) is 11.2 Å². The number of fused-ring (bicyclic) bond motifs is 1. The molecule has 0 atom stereocenters. The van der Waals surface area contributed by atoms with Crippen LogP contribution >= 0.6 is 11.6 Å². The number of anilines is 2. The van der Waals surface area contributed by atoms with E-state index in [0.717, 1.165) is 0 Å². The Morgan fingerprint density at radius 3 is 2.58 bits per heavy atom. The predicted octanol–water partition coefficient (Wildman–Crippen LogP) is 2.25. The molecule has 3 aromatic rings. The minimum absolute atomic E-state index is 0.139. The second kappa shape index (κ2) is 8.70. The molecule has 0 bridgehead atoms. The van der Waals surface area contributed by atoms with Gasteiger partial charge < -0.3 is 15.2 Å². The van der Waals surface area contributed by atoms with Crippen molar-refractivity contribution in [3.05, 3.63) is 68.2 Å². The van der Waals surface area contributed by atoms with Gasteiger partial charge in [-0.25, -0.2) is 4.98 Å². The van der Waals surface area contributed by atoms with Gasteiger partial charge in [-0.15, -0.1) is 0 Å². The first kappa shape index (κ1) is 20.8. The molecular weight excluding hydrogens is 424 g/mol. The summed E-state index contributed by atoms with van der Waals surface area (Å²) in [5.41, 5.74) is 0.924. The van der Waals surface area contributed by atoms with Gasteiger partial charge in [0.05, 0.1) is 28.7 Å². The summed E-state index contributed by atoms with van der Waals surface area (Å²) < 4.78 is 0. The van der Waals surface area contributed by atoms with Crippen molar-refractivity contribution in [1.29, 1.82) is 0 Å². The maximum Gasteiger partial charge on any atom is 0.293 e. The lowest BCUT2D eigenvalue weighted by molar-refractivity contribution is -0.384. The molecule has 1 aliphatic rings. The number of halogens is 1. The van der Waals surface area contributed by atoms with Crippen LogP contribution in [0.1, 0.15) is 0 Å². The third-order valence-electron chi connectivity index (χ3n) is 5.14. The van der Waals surface area contributed by atoms with Crippen LogP contribution in [0.5, 0.6) is 0 Å². The summed E-state index contributed by atoms with van der Waals surface area (Å²) in [6, 6.07) is 9.71. The fourth-order valence-corrected chi connectivity index (χ4v) is 3.70. The molecular formula is C20H19ClN6O4. The number of hydrogen-bond acceptors (Lipinski definition) is 7. The minimum Gasteiger partial charge on any atom is -0.363 e. The molecule has 1 aromatic heterocycles. The zero-order chi connectivity index (χ0) is 22.0. The van der Waals surface area contributed by atoms with Crippen LogP contribution in [0.4, 0.5) is 17.1 Å². The van der Waals surface area contributed by atoms with E-state index in [-0.39, 0.29) is 23.5 Å². The quantitative estimate of drug-likeness (QED) is 0.458. The molecule has 1 aliphatic heterocycles. The molecule has 2 aromatic carbocycles. The Bertz CT molecular complexity index is 1190. The number of nitrogens with one attached hydrogen (secondary N) is 2.